The number of hydrogen-bond donors (Lipinski definition) is 0. The van der Waals surface area contributed by atoms with Crippen molar-refractivity contribution in [3.05, 3.63) is 74.2 Å². The maximum atomic E-state index is 13.6. The standard InChI is InChI=1S/C26H24BrN3O10S/c1-3-37-25(34)28-9-8-16-10-19(40-20(16)11-28)21(39-14(2)31)26(27)23(33)29-18(13-41-24(26)29)22(32)38-12-15-4-6-17(7-5-15)30(35)36/h4-7,10,13,21,24H,3,8-9,11-12H2,1-2H3/t21?,24-,26?/m1/s1. The summed E-state index contributed by atoms with van der Waals surface area (Å²) in [6.45, 7) is 3.61. The van der Waals surface area contributed by atoms with E-state index in [1.165, 1.54) is 58.2 Å². The first-order valence-corrected chi connectivity index (χ1v) is 14.3. The van der Waals surface area contributed by atoms with Gasteiger partial charge in [0, 0.05) is 31.0 Å². The molecule has 0 N–H and O–H groups in total. The number of thioether (sulfide) groups is 1. The molecular weight excluding hydrogens is 626 g/mol. The Morgan fingerprint density at radius 2 is 2.00 bits per heavy atom. The quantitative estimate of drug-likeness (QED) is 0.102. The van der Waals surface area contributed by atoms with Crippen LogP contribution >= 0.6 is 27.7 Å². The average molecular weight is 650 g/mol. The van der Waals surface area contributed by atoms with Gasteiger partial charge in [0.05, 0.1) is 18.1 Å². The number of nitro benzene ring substituents is 1. The Kier molecular flexibility index (Phi) is 7.83. The Morgan fingerprint density at radius 1 is 1.27 bits per heavy atom. The van der Waals surface area contributed by atoms with Crippen molar-refractivity contribution in [2.45, 2.75) is 49.2 Å². The van der Waals surface area contributed by atoms with Crippen LogP contribution in [0.2, 0.25) is 0 Å². The molecule has 2 amide bonds. The molecule has 3 aliphatic rings. The molecule has 0 bridgehead atoms. The Balaban J connectivity index is 1.30. The number of furan rings is 1. The van der Waals surface area contributed by atoms with Crippen LogP contribution in [-0.2, 0) is 48.2 Å². The van der Waals surface area contributed by atoms with E-state index in [4.69, 9.17) is 18.6 Å². The largest absolute Gasteiger partial charge is 0.460 e. The molecule has 15 heteroatoms. The third-order valence-corrected chi connectivity index (χ3v) is 9.48. The molecule has 0 radical (unpaired) electrons. The SMILES string of the molecule is CCOC(=O)N1CCc2cc(C(OC(C)=O)C3(Br)C(=O)N4C(C(=O)OCc5ccc([N+](=O)[O-])cc5)=CS[C@@H]43)oc2C1. The third-order valence-electron chi connectivity index (χ3n) is 6.79. The van der Waals surface area contributed by atoms with Gasteiger partial charge < -0.3 is 23.5 Å². The lowest BCUT2D eigenvalue weighted by atomic mass is 9.89. The molecule has 0 spiro atoms. The fourth-order valence-electron chi connectivity index (χ4n) is 4.78. The maximum absolute atomic E-state index is 13.6. The summed E-state index contributed by atoms with van der Waals surface area (Å²) in [5.41, 5.74) is 1.29. The van der Waals surface area contributed by atoms with Gasteiger partial charge in [-0.1, -0.05) is 15.9 Å². The van der Waals surface area contributed by atoms with E-state index in [1.54, 1.807) is 13.0 Å². The minimum atomic E-state index is -1.44. The molecule has 5 rings (SSSR count). The van der Waals surface area contributed by atoms with Crippen LogP contribution < -0.4 is 0 Å². The van der Waals surface area contributed by atoms with Crippen LogP contribution in [-0.4, -0.2) is 61.5 Å². The summed E-state index contributed by atoms with van der Waals surface area (Å²) in [4.78, 5) is 63.8. The van der Waals surface area contributed by atoms with Gasteiger partial charge in [0.25, 0.3) is 11.6 Å². The monoisotopic (exact) mass is 649 g/mol. The van der Waals surface area contributed by atoms with E-state index in [0.29, 0.717) is 24.3 Å². The van der Waals surface area contributed by atoms with Crippen LogP contribution in [0, 0.1) is 10.1 Å². The summed E-state index contributed by atoms with van der Waals surface area (Å²) in [5.74, 6) is -1.18. The highest BCUT2D eigenvalue weighted by Gasteiger charge is 2.69. The Labute approximate surface area is 246 Å². The van der Waals surface area contributed by atoms with E-state index in [0.717, 1.165) is 5.56 Å². The second kappa shape index (κ2) is 11.2. The van der Waals surface area contributed by atoms with Crippen molar-refractivity contribution >= 4 is 57.3 Å². The predicted molar refractivity (Wildman–Crippen MR) is 145 cm³/mol. The van der Waals surface area contributed by atoms with Crippen molar-refractivity contribution in [1.29, 1.82) is 0 Å². The molecule has 1 aromatic carbocycles. The van der Waals surface area contributed by atoms with Crippen molar-refractivity contribution in [1.82, 2.24) is 9.80 Å². The number of non-ortho nitro benzene ring substituents is 1. The summed E-state index contributed by atoms with van der Waals surface area (Å²) in [6, 6.07) is 7.28. The lowest BCUT2D eigenvalue weighted by Crippen LogP contribution is -2.70. The van der Waals surface area contributed by atoms with E-state index >= 15 is 0 Å². The second-order valence-corrected chi connectivity index (χ2v) is 11.7. The van der Waals surface area contributed by atoms with Gasteiger partial charge in [-0.2, -0.15) is 0 Å². The molecular formula is C26H24BrN3O10S. The fraction of sp³-hybridized carbons (Fsp3) is 0.385. The first-order valence-electron chi connectivity index (χ1n) is 12.5. The third kappa shape index (κ3) is 5.19. The van der Waals surface area contributed by atoms with Gasteiger partial charge >= 0.3 is 18.0 Å². The van der Waals surface area contributed by atoms with Crippen LogP contribution in [0.3, 0.4) is 0 Å². The van der Waals surface area contributed by atoms with Crippen LogP contribution in [0.1, 0.15) is 42.6 Å². The summed E-state index contributed by atoms with van der Waals surface area (Å²) in [5, 5.41) is 11.7. The van der Waals surface area contributed by atoms with Crippen LogP contribution in [0.25, 0.3) is 0 Å². The summed E-state index contributed by atoms with van der Waals surface area (Å²) in [7, 11) is 0. The number of ether oxygens (including phenoxy) is 3. The van der Waals surface area contributed by atoms with Crippen LogP contribution in [0.4, 0.5) is 10.5 Å². The zero-order valence-corrected chi connectivity index (χ0v) is 24.3. The van der Waals surface area contributed by atoms with E-state index in [9.17, 15) is 29.3 Å². The molecule has 0 saturated carbocycles. The maximum Gasteiger partial charge on any atom is 0.410 e. The van der Waals surface area contributed by atoms with Crippen molar-refractivity contribution in [3.63, 3.8) is 0 Å². The molecule has 0 aliphatic carbocycles. The summed E-state index contributed by atoms with van der Waals surface area (Å²) >= 11 is 4.70. The number of alkyl halides is 1. The zero-order chi connectivity index (χ0) is 29.5. The Bertz CT molecular complexity index is 1460. The molecule has 3 atom stereocenters. The lowest BCUT2D eigenvalue weighted by Gasteiger charge is -2.51. The highest BCUT2D eigenvalue weighted by Crippen LogP contribution is 2.58. The van der Waals surface area contributed by atoms with E-state index in [1.807, 2.05) is 0 Å². The molecule has 2 unspecified atom stereocenters. The van der Waals surface area contributed by atoms with Crippen LogP contribution in [0.5, 0.6) is 0 Å². The van der Waals surface area contributed by atoms with Crippen molar-refractivity contribution < 1.29 is 42.7 Å². The molecule has 41 heavy (non-hydrogen) atoms. The van der Waals surface area contributed by atoms with Gasteiger partial charge in [-0.15, -0.1) is 11.8 Å². The number of nitro groups is 1. The molecule has 4 heterocycles. The van der Waals surface area contributed by atoms with Gasteiger partial charge in [0.15, 0.2) is 10.4 Å². The van der Waals surface area contributed by atoms with Crippen molar-refractivity contribution in [2.75, 3.05) is 13.2 Å². The highest BCUT2D eigenvalue weighted by molar-refractivity contribution is 9.10. The fourth-order valence-corrected chi connectivity index (χ4v) is 7.04. The van der Waals surface area contributed by atoms with Gasteiger partial charge in [0.2, 0.25) is 0 Å². The van der Waals surface area contributed by atoms with Gasteiger partial charge in [-0.05, 0) is 42.7 Å². The molecule has 2 aromatic rings. The number of esters is 2. The molecule has 3 aliphatic heterocycles. The highest BCUT2D eigenvalue weighted by atomic mass is 79.9. The zero-order valence-electron chi connectivity index (χ0n) is 21.9. The smallest absolute Gasteiger partial charge is 0.410 e. The van der Waals surface area contributed by atoms with Gasteiger partial charge in [0.1, 0.15) is 29.2 Å². The number of carbonyl (C=O) groups is 4. The van der Waals surface area contributed by atoms with Crippen LogP contribution in [0.15, 0.2) is 45.9 Å². The summed E-state index contributed by atoms with van der Waals surface area (Å²) < 4.78 is 20.6. The Morgan fingerprint density at radius 3 is 2.66 bits per heavy atom. The van der Waals surface area contributed by atoms with Gasteiger partial charge in [-0.25, -0.2) is 9.59 Å². The molecule has 1 aromatic heterocycles. The van der Waals surface area contributed by atoms with E-state index < -0.39 is 44.7 Å². The number of rotatable bonds is 8. The van der Waals surface area contributed by atoms with E-state index in [-0.39, 0.29) is 36.9 Å². The van der Waals surface area contributed by atoms with Crippen molar-refractivity contribution in [3.8, 4) is 0 Å². The first kappa shape index (κ1) is 28.7. The minimum Gasteiger partial charge on any atom is -0.460 e. The number of carbonyl (C=O) groups excluding carboxylic acids is 4. The predicted octanol–water partition coefficient (Wildman–Crippen LogP) is 3.94. The number of β-lactam (4-membered cyclic amide) rings is 1. The number of nitrogens with zero attached hydrogens (tertiary/aromatic N) is 3. The van der Waals surface area contributed by atoms with E-state index in [2.05, 4.69) is 15.9 Å². The lowest BCUT2D eigenvalue weighted by molar-refractivity contribution is -0.384. The van der Waals surface area contributed by atoms with Gasteiger partial charge in [-0.3, -0.25) is 24.6 Å². The minimum absolute atomic E-state index is 0.0207. The summed E-state index contributed by atoms with van der Waals surface area (Å²) in [6.07, 6.45) is -1.13. The number of amides is 2. The average Bonchev–Trinajstić information content (AvgIpc) is 3.57. The number of hydrogen-bond acceptors (Lipinski definition) is 11. The second-order valence-electron chi connectivity index (χ2n) is 9.39. The molecule has 1 fully saturated rings. The molecule has 13 nitrogen and oxygen atoms in total. The number of benzene rings is 1. The first-order chi connectivity index (χ1) is 19.5. The molecule has 216 valence electrons. The Hall–Kier alpha value is -3.85. The topological polar surface area (TPSA) is 159 Å². The molecule has 1 saturated heterocycles. The number of fused-ring (bicyclic) bond motifs is 2. The van der Waals surface area contributed by atoms with Crippen molar-refractivity contribution in [2.24, 2.45) is 0 Å². The normalized spacial score (nSPS) is 21.7. The number of halogens is 1.